The van der Waals surface area contributed by atoms with Crippen molar-refractivity contribution in [3.8, 4) is 0 Å². The predicted octanol–water partition coefficient (Wildman–Crippen LogP) is 4.38. The lowest BCUT2D eigenvalue weighted by atomic mass is 10.1. The molecule has 3 aromatic carbocycles. The molecule has 150 valence electrons. The summed E-state index contributed by atoms with van der Waals surface area (Å²) < 4.78 is 27.5. The highest BCUT2D eigenvalue weighted by molar-refractivity contribution is 7.92. The quantitative estimate of drug-likeness (QED) is 0.658. The molecule has 0 bridgehead atoms. The minimum absolute atomic E-state index is 0.126. The van der Waals surface area contributed by atoms with Gasteiger partial charge >= 0.3 is 0 Å². The summed E-state index contributed by atoms with van der Waals surface area (Å²) in [6.45, 7) is 4.42. The highest BCUT2D eigenvalue weighted by Gasteiger charge is 2.15. The summed E-state index contributed by atoms with van der Waals surface area (Å²) in [5, 5.41) is 0. The van der Waals surface area contributed by atoms with Crippen molar-refractivity contribution in [2.75, 3.05) is 11.8 Å². The number of rotatable bonds is 6. The van der Waals surface area contributed by atoms with Crippen LogP contribution in [0, 0.1) is 13.8 Å². The van der Waals surface area contributed by atoms with Crippen LogP contribution in [0.4, 0.5) is 5.69 Å². The molecule has 0 fully saturated rings. The van der Waals surface area contributed by atoms with E-state index in [2.05, 4.69) is 4.72 Å². The van der Waals surface area contributed by atoms with Crippen LogP contribution in [-0.2, 0) is 16.6 Å². The number of carbonyl (C=O) groups excluding carboxylic acids is 1. The number of amides is 1. The van der Waals surface area contributed by atoms with Gasteiger partial charge in [0.15, 0.2) is 0 Å². The van der Waals surface area contributed by atoms with Crippen LogP contribution in [0.1, 0.15) is 27.0 Å². The summed E-state index contributed by atoms with van der Waals surface area (Å²) in [7, 11) is -1.92. The fourth-order valence-electron chi connectivity index (χ4n) is 2.99. The van der Waals surface area contributed by atoms with Crippen LogP contribution in [-0.4, -0.2) is 26.3 Å². The number of hydrogen-bond donors (Lipinski definition) is 1. The van der Waals surface area contributed by atoms with E-state index in [0.717, 1.165) is 16.7 Å². The van der Waals surface area contributed by atoms with Gasteiger partial charge in [-0.3, -0.25) is 9.52 Å². The molecule has 3 aromatic rings. The summed E-state index contributed by atoms with van der Waals surface area (Å²) in [5.41, 5.74) is 4.10. The molecule has 29 heavy (non-hydrogen) atoms. The predicted molar refractivity (Wildman–Crippen MR) is 115 cm³/mol. The molecule has 3 rings (SSSR count). The zero-order valence-corrected chi connectivity index (χ0v) is 17.5. The van der Waals surface area contributed by atoms with Crippen molar-refractivity contribution < 1.29 is 13.2 Å². The lowest BCUT2D eigenvalue weighted by Crippen LogP contribution is -2.26. The normalized spacial score (nSPS) is 11.1. The summed E-state index contributed by atoms with van der Waals surface area (Å²) in [4.78, 5) is 14.5. The van der Waals surface area contributed by atoms with Crippen LogP contribution in [0.15, 0.2) is 77.7 Å². The lowest BCUT2D eigenvalue weighted by molar-refractivity contribution is 0.0785. The Labute approximate surface area is 172 Å². The van der Waals surface area contributed by atoms with E-state index < -0.39 is 10.0 Å². The molecule has 0 heterocycles. The second kappa shape index (κ2) is 8.49. The van der Waals surface area contributed by atoms with Crippen molar-refractivity contribution in [2.24, 2.45) is 0 Å². The van der Waals surface area contributed by atoms with Crippen molar-refractivity contribution in [1.82, 2.24) is 4.90 Å². The number of nitrogens with one attached hydrogen (secondary N) is 1. The average molecular weight is 409 g/mol. The van der Waals surface area contributed by atoms with Crippen LogP contribution in [0.2, 0.25) is 0 Å². The Hall–Kier alpha value is -3.12. The van der Waals surface area contributed by atoms with E-state index in [4.69, 9.17) is 0 Å². The Morgan fingerprint density at radius 3 is 2.17 bits per heavy atom. The number of hydrogen-bond acceptors (Lipinski definition) is 3. The second-order valence-corrected chi connectivity index (χ2v) is 8.83. The number of nitrogens with zero attached hydrogens (tertiary/aromatic N) is 1. The van der Waals surface area contributed by atoms with E-state index in [1.54, 1.807) is 60.5 Å². The van der Waals surface area contributed by atoms with E-state index in [0.29, 0.717) is 17.8 Å². The monoisotopic (exact) mass is 408 g/mol. The molecular formula is C23H24N2O3S. The van der Waals surface area contributed by atoms with Gasteiger partial charge in [-0.1, -0.05) is 47.5 Å². The largest absolute Gasteiger partial charge is 0.337 e. The number of benzene rings is 3. The first-order chi connectivity index (χ1) is 13.7. The van der Waals surface area contributed by atoms with E-state index >= 15 is 0 Å². The topological polar surface area (TPSA) is 66.5 Å². The first-order valence-electron chi connectivity index (χ1n) is 9.25. The third-order valence-electron chi connectivity index (χ3n) is 4.56. The summed E-state index contributed by atoms with van der Waals surface area (Å²) in [6.07, 6.45) is 0. The van der Waals surface area contributed by atoms with Gasteiger partial charge in [0.25, 0.3) is 15.9 Å². The molecular weight excluding hydrogens is 384 g/mol. The fourth-order valence-corrected chi connectivity index (χ4v) is 4.05. The molecule has 0 saturated heterocycles. The fraction of sp³-hybridized carbons (Fsp3) is 0.174. The molecule has 0 atom stereocenters. The standard InChI is InChI=1S/C23H24N2O3S/c1-17-7-13-22(14-8-17)29(27,28)24-21-11-9-20(10-12-21)23(26)25(3)16-19-6-4-5-18(2)15-19/h4-15,24H,16H2,1-3H3. The van der Waals surface area contributed by atoms with Crippen LogP contribution in [0.5, 0.6) is 0 Å². The highest BCUT2D eigenvalue weighted by Crippen LogP contribution is 2.18. The number of aryl methyl sites for hydroxylation is 2. The molecule has 0 spiro atoms. The van der Waals surface area contributed by atoms with Gasteiger partial charge < -0.3 is 4.90 Å². The van der Waals surface area contributed by atoms with Crippen LogP contribution in [0.25, 0.3) is 0 Å². The van der Waals surface area contributed by atoms with Crippen molar-refractivity contribution in [3.05, 3.63) is 95.1 Å². The Morgan fingerprint density at radius 1 is 0.897 bits per heavy atom. The average Bonchev–Trinajstić information content (AvgIpc) is 2.68. The minimum atomic E-state index is -3.67. The molecule has 1 amide bonds. The second-order valence-electron chi connectivity index (χ2n) is 7.15. The molecule has 0 saturated carbocycles. The number of sulfonamides is 1. The third kappa shape index (κ3) is 5.23. The summed E-state index contributed by atoms with van der Waals surface area (Å²) in [6, 6.07) is 21.1. The highest BCUT2D eigenvalue weighted by atomic mass is 32.2. The van der Waals surface area contributed by atoms with Crippen molar-refractivity contribution in [2.45, 2.75) is 25.3 Å². The third-order valence-corrected chi connectivity index (χ3v) is 5.96. The maximum Gasteiger partial charge on any atom is 0.261 e. The van der Waals surface area contributed by atoms with E-state index in [1.807, 2.05) is 38.1 Å². The van der Waals surface area contributed by atoms with Gasteiger partial charge in [-0.25, -0.2) is 8.42 Å². The minimum Gasteiger partial charge on any atom is -0.337 e. The summed E-state index contributed by atoms with van der Waals surface area (Å²) >= 11 is 0. The van der Waals surface area contributed by atoms with Crippen molar-refractivity contribution in [1.29, 1.82) is 0 Å². The Balaban J connectivity index is 1.69. The van der Waals surface area contributed by atoms with E-state index in [1.165, 1.54) is 0 Å². The van der Waals surface area contributed by atoms with Crippen LogP contribution in [0.3, 0.4) is 0 Å². The molecule has 0 aromatic heterocycles. The first-order valence-corrected chi connectivity index (χ1v) is 10.7. The maximum atomic E-state index is 12.7. The molecule has 6 heteroatoms. The molecule has 0 aliphatic carbocycles. The van der Waals surface area contributed by atoms with E-state index in [9.17, 15) is 13.2 Å². The van der Waals surface area contributed by atoms with Gasteiger partial charge in [0, 0.05) is 24.8 Å². The number of anilines is 1. The van der Waals surface area contributed by atoms with Crippen molar-refractivity contribution >= 4 is 21.6 Å². The van der Waals surface area contributed by atoms with Crippen molar-refractivity contribution in [3.63, 3.8) is 0 Å². The smallest absolute Gasteiger partial charge is 0.261 e. The zero-order valence-electron chi connectivity index (χ0n) is 16.7. The molecule has 0 unspecified atom stereocenters. The van der Waals surface area contributed by atoms with Crippen LogP contribution < -0.4 is 4.72 Å². The van der Waals surface area contributed by atoms with Gasteiger partial charge in [-0.15, -0.1) is 0 Å². The Bertz CT molecular complexity index is 1110. The zero-order chi connectivity index (χ0) is 21.0. The molecule has 0 radical (unpaired) electrons. The maximum absolute atomic E-state index is 12.7. The lowest BCUT2D eigenvalue weighted by Gasteiger charge is -2.18. The molecule has 0 aliphatic heterocycles. The van der Waals surface area contributed by atoms with Gasteiger partial charge in [-0.05, 0) is 55.8 Å². The summed E-state index contributed by atoms with van der Waals surface area (Å²) in [5.74, 6) is -0.126. The number of carbonyl (C=O) groups is 1. The first kappa shape index (κ1) is 20.6. The molecule has 1 N–H and O–H groups in total. The molecule has 0 aliphatic rings. The van der Waals surface area contributed by atoms with Gasteiger partial charge in [-0.2, -0.15) is 0 Å². The Kier molecular flexibility index (Phi) is 6.03. The van der Waals surface area contributed by atoms with Gasteiger partial charge in [0.05, 0.1) is 4.90 Å². The SMILES string of the molecule is Cc1ccc(S(=O)(=O)Nc2ccc(C(=O)N(C)Cc3cccc(C)c3)cc2)cc1. The van der Waals surface area contributed by atoms with Gasteiger partial charge in [0.2, 0.25) is 0 Å². The molecule has 5 nitrogen and oxygen atoms in total. The van der Waals surface area contributed by atoms with Gasteiger partial charge in [0.1, 0.15) is 0 Å². The Morgan fingerprint density at radius 2 is 1.55 bits per heavy atom. The van der Waals surface area contributed by atoms with E-state index in [-0.39, 0.29) is 10.8 Å². The van der Waals surface area contributed by atoms with Crippen LogP contribution >= 0.6 is 0 Å².